The average molecular weight is 316 g/mol. The van der Waals surface area contributed by atoms with Crippen LogP contribution in [-0.2, 0) is 4.74 Å². The fraction of sp³-hybridized carbons (Fsp3) is 0.538. The van der Waals surface area contributed by atoms with Gasteiger partial charge in [-0.15, -0.1) is 11.8 Å². The molecule has 2 nitrogen and oxygen atoms in total. The van der Waals surface area contributed by atoms with Crippen LogP contribution >= 0.6 is 27.7 Å². The summed E-state index contributed by atoms with van der Waals surface area (Å²) >= 11 is 5.33. The van der Waals surface area contributed by atoms with Gasteiger partial charge in [0.1, 0.15) is 0 Å². The minimum absolute atomic E-state index is 0.429. The van der Waals surface area contributed by atoms with E-state index in [1.807, 2.05) is 24.9 Å². The molecule has 2 unspecified atom stereocenters. The lowest BCUT2D eigenvalue weighted by Crippen LogP contribution is -2.23. The van der Waals surface area contributed by atoms with Gasteiger partial charge in [0.2, 0.25) is 0 Å². The van der Waals surface area contributed by atoms with Gasteiger partial charge in [-0.25, -0.2) is 0 Å². The Morgan fingerprint density at radius 3 is 2.94 bits per heavy atom. The van der Waals surface area contributed by atoms with E-state index in [2.05, 4.69) is 28.1 Å². The van der Waals surface area contributed by atoms with Crippen molar-refractivity contribution in [3.8, 4) is 0 Å². The van der Waals surface area contributed by atoms with Crippen LogP contribution in [0.15, 0.2) is 27.6 Å². The van der Waals surface area contributed by atoms with Gasteiger partial charge in [-0.05, 0) is 43.9 Å². The van der Waals surface area contributed by atoms with Gasteiger partial charge in [-0.2, -0.15) is 0 Å². The molecule has 4 heteroatoms. The number of ether oxygens (including phenoxy) is 1. The van der Waals surface area contributed by atoms with E-state index in [0.717, 1.165) is 16.6 Å². The van der Waals surface area contributed by atoms with Crippen molar-refractivity contribution in [3.05, 3.63) is 22.7 Å². The van der Waals surface area contributed by atoms with Crippen molar-refractivity contribution in [2.45, 2.75) is 41.9 Å². The van der Waals surface area contributed by atoms with Crippen molar-refractivity contribution in [3.63, 3.8) is 0 Å². The molecule has 0 bridgehead atoms. The Morgan fingerprint density at radius 2 is 2.24 bits per heavy atom. The van der Waals surface area contributed by atoms with Crippen LogP contribution in [0, 0.1) is 0 Å². The number of rotatable bonds is 3. The third-order valence-corrected chi connectivity index (χ3v) is 5.06. The minimum Gasteiger partial charge on any atom is -0.398 e. The number of thioether (sulfide) groups is 1. The van der Waals surface area contributed by atoms with E-state index in [1.165, 1.54) is 24.2 Å². The maximum absolute atomic E-state index is 6.02. The van der Waals surface area contributed by atoms with Crippen molar-refractivity contribution in [2.75, 3.05) is 12.8 Å². The molecule has 0 spiro atoms. The molecular formula is C13H18BrNOS. The average Bonchev–Trinajstić information content (AvgIpc) is 2.33. The molecule has 1 aliphatic rings. The molecule has 2 rings (SSSR count). The lowest BCUT2D eigenvalue weighted by Gasteiger charge is -2.28. The van der Waals surface area contributed by atoms with Gasteiger partial charge < -0.3 is 10.5 Å². The van der Waals surface area contributed by atoms with Crippen LogP contribution in [-0.4, -0.2) is 18.5 Å². The minimum atomic E-state index is 0.429. The Bertz CT molecular complexity index is 386. The molecule has 2 atom stereocenters. The smallest absolute Gasteiger partial charge is 0.0582 e. The molecule has 0 saturated heterocycles. The summed E-state index contributed by atoms with van der Waals surface area (Å²) in [5.41, 5.74) is 6.89. The first kappa shape index (κ1) is 13.2. The normalized spacial score (nSPS) is 24.8. The van der Waals surface area contributed by atoms with Gasteiger partial charge in [0.25, 0.3) is 0 Å². The van der Waals surface area contributed by atoms with Crippen molar-refractivity contribution < 1.29 is 4.74 Å². The predicted molar refractivity (Wildman–Crippen MR) is 77.5 cm³/mol. The zero-order chi connectivity index (χ0) is 12.3. The van der Waals surface area contributed by atoms with E-state index in [9.17, 15) is 0 Å². The topological polar surface area (TPSA) is 35.2 Å². The van der Waals surface area contributed by atoms with Gasteiger partial charge in [-0.1, -0.05) is 15.9 Å². The number of nitrogen functional groups attached to an aromatic ring is 1. The molecule has 1 aliphatic carbocycles. The number of methoxy groups -OCH3 is 1. The van der Waals surface area contributed by atoms with Crippen molar-refractivity contribution in [1.82, 2.24) is 0 Å². The Balaban J connectivity index is 2.00. The Kier molecular flexibility index (Phi) is 4.77. The monoisotopic (exact) mass is 315 g/mol. The molecular weight excluding hydrogens is 298 g/mol. The summed E-state index contributed by atoms with van der Waals surface area (Å²) in [7, 11) is 1.81. The van der Waals surface area contributed by atoms with Crippen LogP contribution in [0.5, 0.6) is 0 Å². The first-order valence-electron chi connectivity index (χ1n) is 5.93. The Morgan fingerprint density at radius 1 is 1.41 bits per heavy atom. The molecule has 2 N–H and O–H groups in total. The third kappa shape index (κ3) is 3.63. The molecule has 0 aromatic heterocycles. The van der Waals surface area contributed by atoms with E-state index < -0.39 is 0 Å². The van der Waals surface area contributed by atoms with Crippen LogP contribution in [0.4, 0.5) is 5.69 Å². The van der Waals surface area contributed by atoms with Gasteiger partial charge in [0.05, 0.1) is 6.10 Å². The number of benzene rings is 1. The SMILES string of the molecule is COC1CCCC(Sc2ccc(Br)cc2N)C1. The van der Waals surface area contributed by atoms with Crippen molar-refractivity contribution >= 4 is 33.4 Å². The van der Waals surface area contributed by atoms with Gasteiger partial charge in [0, 0.05) is 27.4 Å². The third-order valence-electron chi connectivity index (χ3n) is 3.18. The lowest BCUT2D eigenvalue weighted by molar-refractivity contribution is 0.0730. The second-order valence-corrected chi connectivity index (χ2v) is 6.70. The molecule has 0 amide bonds. The number of anilines is 1. The zero-order valence-electron chi connectivity index (χ0n) is 9.99. The van der Waals surface area contributed by atoms with E-state index in [1.54, 1.807) is 0 Å². The highest BCUT2D eigenvalue weighted by molar-refractivity contribution is 9.10. The lowest BCUT2D eigenvalue weighted by atomic mass is 9.97. The number of halogens is 1. The van der Waals surface area contributed by atoms with Crippen LogP contribution in [0.25, 0.3) is 0 Å². The molecule has 0 radical (unpaired) electrons. The fourth-order valence-corrected chi connectivity index (χ4v) is 3.90. The second kappa shape index (κ2) is 6.12. The molecule has 0 heterocycles. The molecule has 94 valence electrons. The van der Waals surface area contributed by atoms with E-state index >= 15 is 0 Å². The van der Waals surface area contributed by atoms with Crippen LogP contribution in [0.1, 0.15) is 25.7 Å². The van der Waals surface area contributed by atoms with E-state index in [-0.39, 0.29) is 0 Å². The van der Waals surface area contributed by atoms with Crippen LogP contribution in [0.3, 0.4) is 0 Å². The summed E-state index contributed by atoms with van der Waals surface area (Å²) in [4.78, 5) is 1.19. The highest BCUT2D eigenvalue weighted by atomic mass is 79.9. The van der Waals surface area contributed by atoms with Crippen LogP contribution in [0.2, 0.25) is 0 Å². The maximum Gasteiger partial charge on any atom is 0.0582 e. The molecule has 1 fully saturated rings. The van der Waals surface area contributed by atoms with Gasteiger partial charge >= 0.3 is 0 Å². The summed E-state index contributed by atoms with van der Waals surface area (Å²) in [6.45, 7) is 0. The molecule has 1 saturated carbocycles. The van der Waals surface area contributed by atoms with E-state index in [0.29, 0.717) is 11.4 Å². The first-order valence-corrected chi connectivity index (χ1v) is 7.61. The summed E-state index contributed by atoms with van der Waals surface area (Å²) in [5, 5.41) is 0.636. The van der Waals surface area contributed by atoms with E-state index in [4.69, 9.17) is 10.5 Å². The molecule has 1 aromatic rings. The first-order chi connectivity index (χ1) is 8.19. The zero-order valence-corrected chi connectivity index (χ0v) is 12.4. The maximum atomic E-state index is 6.02. The molecule has 1 aromatic carbocycles. The van der Waals surface area contributed by atoms with Crippen LogP contribution < -0.4 is 5.73 Å². The Labute approximate surface area is 115 Å². The predicted octanol–water partition coefficient (Wildman–Crippen LogP) is 4.08. The van der Waals surface area contributed by atoms with Crippen molar-refractivity contribution in [1.29, 1.82) is 0 Å². The summed E-state index contributed by atoms with van der Waals surface area (Å²) in [6.07, 6.45) is 5.28. The summed E-state index contributed by atoms with van der Waals surface area (Å²) < 4.78 is 6.50. The largest absolute Gasteiger partial charge is 0.398 e. The fourth-order valence-electron chi connectivity index (χ4n) is 2.23. The van der Waals surface area contributed by atoms with Gasteiger partial charge in [0.15, 0.2) is 0 Å². The van der Waals surface area contributed by atoms with Crippen molar-refractivity contribution in [2.24, 2.45) is 0 Å². The second-order valence-electron chi connectivity index (χ2n) is 4.45. The summed E-state index contributed by atoms with van der Waals surface area (Å²) in [6, 6.07) is 6.12. The standard InChI is InChI=1S/C13H18BrNOS/c1-16-10-3-2-4-11(8-10)17-13-6-5-9(14)7-12(13)15/h5-7,10-11H,2-4,8,15H2,1H3. The molecule has 17 heavy (non-hydrogen) atoms. The highest BCUT2D eigenvalue weighted by Crippen LogP contribution is 2.37. The molecule has 0 aliphatic heterocycles. The number of hydrogen-bond acceptors (Lipinski definition) is 3. The Hall–Kier alpha value is -0.190. The number of nitrogens with two attached hydrogens (primary N) is 1. The quantitative estimate of drug-likeness (QED) is 0.853. The number of hydrogen-bond donors (Lipinski definition) is 1. The summed E-state index contributed by atoms with van der Waals surface area (Å²) in [5.74, 6) is 0. The highest BCUT2D eigenvalue weighted by Gasteiger charge is 2.22. The van der Waals surface area contributed by atoms with Gasteiger partial charge in [-0.3, -0.25) is 0 Å².